The first kappa shape index (κ1) is 26.4. The molecule has 0 heterocycles. The maximum Gasteiger partial charge on any atom is 0.319 e. The van der Waals surface area contributed by atoms with Gasteiger partial charge in [0.15, 0.2) is 0 Å². The fraction of sp³-hybridized carbons (Fsp3) is 0.481. The molecule has 3 amide bonds. The highest BCUT2D eigenvalue weighted by molar-refractivity contribution is 5.90. The average molecular weight is 453 g/mol. The number of hydrogen-bond donors (Lipinski definition) is 3. The van der Waals surface area contributed by atoms with Gasteiger partial charge in [0.2, 0.25) is 5.91 Å². The second-order valence-corrected chi connectivity index (χ2v) is 9.37. The number of amides is 3. The van der Waals surface area contributed by atoms with Crippen molar-refractivity contribution in [2.75, 3.05) is 18.4 Å². The third-order valence-corrected chi connectivity index (χ3v) is 5.80. The van der Waals surface area contributed by atoms with E-state index in [1.54, 1.807) is 0 Å². The lowest BCUT2D eigenvalue weighted by Crippen LogP contribution is -2.46. The fourth-order valence-corrected chi connectivity index (χ4v) is 3.87. The van der Waals surface area contributed by atoms with Gasteiger partial charge in [-0.15, -0.1) is 0 Å². The highest BCUT2D eigenvalue weighted by Crippen LogP contribution is 2.21. The predicted octanol–water partition coefficient (Wildman–Crippen LogP) is 5.12. The van der Waals surface area contributed by atoms with E-state index in [-0.39, 0.29) is 30.3 Å². The number of carbonyl (C=O) groups excluding carboxylic acids is 2. The predicted molar refractivity (Wildman–Crippen MR) is 137 cm³/mol. The molecule has 2 rings (SSSR count). The third kappa shape index (κ3) is 8.89. The largest absolute Gasteiger partial charge is 0.355 e. The van der Waals surface area contributed by atoms with Gasteiger partial charge in [-0.25, -0.2) is 4.79 Å². The van der Waals surface area contributed by atoms with Crippen molar-refractivity contribution < 1.29 is 9.59 Å². The first-order valence-electron chi connectivity index (χ1n) is 11.9. The van der Waals surface area contributed by atoms with E-state index < -0.39 is 0 Å². The van der Waals surface area contributed by atoms with Crippen LogP contribution in [0, 0.1) is 5.92 Å². The molecule has 0 radical (unpaired) electrons. The molecule has 0 bridgehead atoms. The highest BCUT2D eigenvalue weighted by Gasteiger charge is 2.20. The maximum absolute atomic E-state index is 12.6. The van der Waals surface area contributed by atoms with Crippen LogP contribution in [0.4, 0.5) is 10.5 Å². The number of nitrogens with one attached hydrogen (secondary N) is 3. The average Bonchev–Trinajstić information content (AvgIpc) is 2.76. The van der Waals surface area contributed by atoms with Crippen LogP contribution in [-0.2, 0) is 4.79 Å². The van der Waals surface area contributed by atoms with Crippen molar-refractivity contribution in [3.8, 4) is 11.1 Å². The molecule has 0 aliphatic carbocycles. The van der Waals surface area contributed by atoms with Crippen LogP contribution in [0.25, 0.3) is 11.1 Å². The van der Waals surface area contributed by atoms with Crippen LogP contribution in [0.15, 0.2) is 54.6 Å². The third-order valence-electron chi connectivity index (χ3n) is 5.80. The van der Waals surface area contributed by atoms with Crippen LogP contribution in [0.1, 0.15) is 48.0 Å². The van der Waals surface area contributed by atoms with Gasteiger partial charge < -0.3 is 16.0 Å². The van der Waals surface area contributed by atoms with Gasteiger partial charge in [0.05, 0.1) is 0 Å². The Labute approximate surface area is 199 Å². The van der Waals surface area contributed by atoms with Crippen LogP contribution in [-0.4, -0.2) is 48.1 Å². The van der Waals surface area contributed by atoms with Gasteiger partial charge in [0, 0.05) is 43.3 Å². The molecule has 0 spiro atoms. The van der Waals surface area contributed by atoms with Crippen molar-refractivity contribution in [1.29, 1.82) is 0 Å². The Kier molecular flexibility index (Phi) is 10.4. The molecular weight excluding hydrogens is 412 g/mol. The molecule has 6 heteroatoms. The zero-order chi connectivity index (χ0) is 24.4. The summed E-state index contributed by atoms with van der Waals surface area (Å²) in [7, 11) is 0. The first-order chi connectivity index (χ1) is 15.7. The van der Waals surface area contributed by atoms with E-state index in [0.717, 1.165) is 17.7 Å². The van der Waals surface area contributed by atoms with Gasteiger partial charge in [-0.1, -0.05) is 56.3 Å². The Bertz CT molecular complexity index is 855. The normalized spacial score (nSPS) is 12.3. The number of nitrogens with zero attached hydrogens (tertiary/aromatic N) is 1. The smallest absolute Gasteiger partial charge is 0.319 e. The molecule has 0 aliphatic rings. The second kappa shape index (κ2) is 13.0. The van der Waals surface area contributed by atoms with Crippen molar-refractivity contribution >= 4 is 17.6 Å². The summed E-state index contributed by atoms with van der Waals surface area (Å²) in [5, 5.41) is 8.83. The molecule has 2 aromatic rings. The van der Waals surface area contributed by atoms with E-state index in [1.165, 1.54) is 0 Å². The minimum Gasteiger partial charge on any atom is -0.355 e. The number of anilines is 1. The van der Waals surface area contributed by atoms with Crippen LogP contribution in [0.3, 0.4) is 0 Å². The Hall–Kier alpha value is -2.86. The van der Waals surface area contributed by atoms with Gasteiger partial charge >= 0.3 is 6.03 Å². The van der Waals surface area contributed by atoms with E-state index in [0.29, 0.717) is 24.3 Å². The lowest BCUT2D eigenvalue weighted by molar-refractivity contribution is -0.121. The number of rotatable bonds is 11. The van der Waals surface area contributed by atoms with E-state index in [9.17, 15) is 9.59 Å². The van der Waals surface area contributed by atoms with Crippen molar-refractivity contribution in [2.45, 2.75) is 66.1 Å². The Morgan fingerprint density at radius 3 is 1.94 bits per heavy atom. The SMILES string of the molecule is CC(C)C(CC(=O)NCCN(C(C)C)C(C)C)NC(=O)Nc1ccc(-c2ccccc2)cc1. The van der Waals surface area contributed by atoms with Gasteiger partial charge in [-0.2, -0.15) is 0 Å². The standard InChI is InChI=1S/C27H40N4O2/c1-19(2)25(18-26(32)28-16-17-31(20(3)4)21(5)6)30-27(33)29-24-14-12-23(13-15-24)22-10-8-7-9-11-22/h7-15,19-21,25H,16-18H2,1-6H3,(H,28,32)(H2,29,30,33). The minimum atomic E-state index is -0.306. The number of carbonyl (C=O) groups is 2. The topological polar surface area (TPSA) is 73.5 Å². The van der Waals surface area contributed by atoms with E-state index in [2.05, 4.69) is 60.7 Å². The van der Waals surface area contributed by atoms with E-state index >= 15 is 0 Å². The molecule has 3 N–H and O–H groups in total. The number of urea groups is 1. The molecule has 0 saturated heterocycles. The van der Waals surface area contributed by atoms with Crippen LogP contribution >= 0.6 is 0 Å². The summed E-state index contributed by atoms with van der Waals surface area (Å²) in [5.74, 6) is 0.0819. The monoisotopic (exact) mass is 452 g/mol. The van der Waals surface area contributed by atoms with Gasteiger partial charge in [0.25, 0.3) is 0 Å². The zero-order valence-corrected chi connectivity index (χ0v) is 20.9. The minimum absolute atomic E-state index is 0.0475. The maximum atomic E-state index is 12.6. The molecule has 1 atom stereocenters. The molecule has 0 fully saturated rings. The lowest BCUT2D eigenvalue weighted by Gasteiger charge is -2.30. The van der Waals surface area contributed by atoms with Crippen LogP contribution in [0.2, 0.25) is 0 Å². The zero-order valence-electron chi connectivity index (χ0n) is 20.9. The molecule has 2 aromatic carbocycles. The molecule has 0 aromatic heterocycles. The van der Waals surface area contributed by atoms with E-state index in [4.69, 9.17) is 0 Å². The highest BCUT2D eigenvalue weighted by atomic mass is 16.2. The lowest BCUT2D eigenvalue weighted by atomic mass is 10.0. The molecule has 180 valence electrons. The van der Waals surface area contributed by atoms with Gasteiger partial charge in [0.1, 0.15) is 0 Å². The molecule has 33 heavy (non-hydrogen) atoms. The van der Waals surface area contributed by atoms with Gasteiger partial charge in [-0.05, 0) is 56.9 Å². The van der Waals surface area contributed by atoms with Gasteiger partial charge in [-0.3, -0.25) is 9.69 Å². The second-order valence-electron chi connectivity index (χ2n) is 9.37. The fourth-order valence-electron chi connectivity index (χ4n) is 3.87. The number of hydrogen-bond acceptors (Lipinski definition) is 3. The Balaban J connectivity index is 1.84. The summed E-state index contributed by atoms with van der Waals surface area (Å²) >= 11 is 0. The van der Waals surface area contributed by atoms with Crippen molar-refractivity contribution in [3.63, 3.8) is 0 Å². The quantitative estimate of drug-likeness (QED) is 0.443. The van der Waals surface area contributed by atoms with Crippen molar-refractivity contribution in [2.24, 2.45) is 5.92 Å². The first-order valence-corrected chi connectivity index (χ1v) is 11.9. The molecule has 0 aliphatic heterocycles. The van der Waals surface area contributed by atoms with Crippen LogP contribution < -0.4 is 16.0 Å². The summed E-state index contributed by atoms with van der Waals surface area (Å²) in [5.41, 5.74) is 2.93. The van der Waals surface area contributed by atoms with Crippen molar-refractivity contribution in [1.82, 2.24) is 15.5 Å². The van der Waals surface area contributed by atoms with Crippen molar-refractivity contribution in [3.05, 3.63) is 54.6 Å². The summed E-state index contributed by atoms with van der Waals surface area (Å²) in [6, 6.07) is 18.1. The molecule has 6 nitrogen and oxygen atoms in total. The van der Waals surface area contributed by atoms with E-state index in [1.807, 2.05) is 56.3 Å². The van der Waals surface area contributed by atoms with Crippen LogP contribution in [0.5, 0.6) is 0 Å². The summed E-state index contributed by atoms with van der Waals surface area (Å²) in [4.78, 5) is 27.4. The summed E-state index contributed by atoms with van der Waals surface area (Å²) in [6.07, 6.45) is 0.251. The molecular formula is C27H40N4O2. The Morgan fingerprint density at radius 1 is 0.818 bits per heavy atom. The molecule has 0 saturated carbocycles. The Morgan fingerprint density at radius 2 is 1.39 bits per heavy atom. The number of benzene rings is 2. The summed E-state index contributed by atoms with van der Waals surface area (Å²) < 4.78 is 0. The molecule has 1 unspecified atom stereocenters. The summed E-state index contributed by atoms with van der Waals surface area (Å²) in [6.45, 7) is 14.1.